The Morgan fingerprint density at radius 1 is 1.08 bits per heavy atom. The molecule has 1 saturated heterocycles. The topological polar surface area (TPSA) is 102 Å². The van der Waals surface area contributed by atoms with Crippen molar-refractivity contribution in [2.24, 2.45) is 0 Å². The lowest BCUT2D eigenvalue weighted by molar-refractivity contribution is -0.142. The zero-order valence-corrected chi connectivity index (χ0v) is 22.1. The van der Waals surface area contributed by atoms with Crippen LogP contribution in [0.5, 0.6) is 11.5 Å². The van der Waals surface area contributed by atoms with Gasteiger partial charge in [0.25, 0.3) is 0 Å². The van der Waals surface area contributed by atoms with E-state index in [1.165, 1.54) is 12.7 Å². The van der Waals surface area contributed by atoms with E-state index in [1.807, 2.05) is 24.3 Å². The number of aromatic nitrogens is 3. The number of nitrogens with one attached hydrogen (secondary N) is 2. The van der Waals surface area contributed by atoms with Crippen LogP contribution in [0.2, 0.25) is 5.02 Å². The number of hydrogen-bond acceptors (Lipinski definition) is 8. The van der Waals surface area contributed by atoms with E-state index < -0.39 is 5.97 Å². The SMILES string of the molecule is COC(=O)COc1ccc(-c2nc3ncc(Cl)c(NC4CCN(Cc5ccc(OC)cc5)CC4)c3[nH]2)cc1. The van der Waals surface area contributed by atoms with Gasteiger partial charge in [-0.25, -0.2) is 14.8 Å². The molecule has 5 rings (SSSR count). The smallest absolute Gasteiger partial charge is 0.343 e. The Hall–Kier alpha value is -3.82. The maximum Gasteiger partial charge on any atom is 0.343 e. The fourth-order valence-corrected chi connectivity index (χ4v) is 4.75. The van der Waals surface area contributed by atoms with Crippen molar-refractivity contribution in [1.29, 1.82) is 0 Å². The summed E-state index contributed by atoms with van der Waals surface area (Å²) in [5.41, 5.74) is 4.34. The number of nitrogens with zero attached hydrogens (tertiary/aromatic N) is 3. The maximum absolute atomic E-state index is 11.3. The predicted octanol–water partition coefficient (Wildman–Crippen LogP) is 4.92. The molecule has 1 aliphatic rings. The molecular weight excluding hydrogens is 506 g/mol. The first kappa shape index (κ1) is 25.8. The van der Waals surface area contributed by atoms with Crippen LogP contribution >= 0.6 is 11.6 Å². The number of aromatic amines is 1. The van der Waals surface area contributed by atoms with Gasteiger partial charge in [-0.2, -0.15) is 0 Å². The molecule has 0 radical (unpaired) electrons. The van der Waals surface area contributed by atoms with Crippen LogP contribution in [0.3, 0.4) is 0 Å². The number of pyridine rings is 1. The number of piperidine rings is 1. The number of carbonyl (C=O) groups excluding carboxylic acids is 1. The molecule has 0 saturated carbocycles. The average Bonchev–Trinajstić information content (AvgIpc) is 3.39. The lowest BCUT2D eigenvalue weighted by Gasteiger charge is -2.33. The van der Waals surface area contributed by atoms with Gasteiger partial charge in [-0.05, 0) is 54.8 Å². The van der Waals surface area contributed by atoms with Gasteiger partial charge in [0.1, 0.15) is 22.8 Å². The van der Waals surface area contributed by atoms with Gasteiger partial charge in [0.2, 0.25) is 0 Å². The van der Waals surface area contributed by atoms with E-state index in [4.69, 9.17) is 21.1 Å². The second-order valence-electron chi connectivity index (χ2n) is 9.20. The fraction of sp³-hybridized carbons (Fsp3) is 0.321. The van der Waals surface area contributed by atoms with E-state index in [0.717, 1.165) is 55.0 Å². The second-order valence-corrected chi connectivity index (χ2v) is 9.60. The summed E-state index contributed by atoms with van der Waals surface area (Å²) in [6, 6.07) is 15.9. The fourth-order valence-electron chi connectivity index (χ4n) is 4.55. The van der Waals surface area contributed by atoms with Crippen molar-refractivity contribution < 1.29 is 19.0 Å². The van der Waals surface area contributed by atoms with Crippen molar-refractivity contribution in [3.63, 3.8) is 0 Å². The highest BCUT2D eigenvalue weighted by Crippen LogP contribution is 2.32. The number of hydrogen-bond donors (Lipinski definition) is 2. The van der Waals surface area contributed by atoms with E-state index in [0.29, 0.717) is 28.3 Å². The highest BCUT2D eigenvalue weighted by Gasteiger charge is 2.22. The van der Waals surface area contributed by atoms with Crippen LogP contribution in [0.1, 0.15) is 18.4 Å². The Balaban J connectivity index is 1.24. The van der Waals surface area contributed by atoms with Gasteiger partial charge in [0.05, 0.1) is 31.1 Å². The molecule has 0 atom stereocenters. The molecule has 0 aliphatic carbocycles. The average molecular weight is 536 g/mol. The maximum atomic E-state index is 11.3. The number of imidazole rings is 1. The molecule has 198 valence electrons. The first-order valence-electron chi connectivity index (χ1n) is 12.5. The Morgan fingerprint density at radius 3 is 2.47 bits per heavy atom. The Morgan fingerprint density at radius 2 is 1.79 bits per heavy atom. The summed E-state index contributed by atoms with van der Waals surface area (Å²) in [4.78, 5) is 26.2. The minimum Gasteiger partial charge on any atom is -0.497 e. The highest BCUT2D eigenvalue weighted by molar-refractivity contribution is 6.34. The molecule has 1 fully saturated rings. The molecule has 4 aromatic rings. The van der Waals surface area contributed by atoms with Gasteiger partial charge < -0.3 is 24.5 Å². The highest BCUT2D eigenvalue weighted by atomic mass is 35.5. The lowest BCUT2D eigenvalue weighted by atomic mass is 10.0. The number of halogens is 1. The van der Waals surface area contributed by atoms with Crippen LogP contribution in [0, 0.1) is 0 Å². The lowest BCUT2D eigenvalue weighted by Crippen LogP contribution is -2.38. The molecule has 2 N–H and O–H groups in total. The van der Waals surface area contributed by atoms with Crippen LogP contribution < -0.4 is 14.8 Å². The number of likely N-dealkylation sites (tertiary alicyclic amines) is 1. The number of fused-ring (bicyclic) bond motifs is 1. The zero-order chi connectivity index (χ0) is 26.5. The van der Waals surface area contributed by atoms with Gasteiger partial charge in [0, 0.05) is 31.2 Å². The molecule has 3 heterocycles. The number of benzene rings is 2. The number of carbonyl (C=O) groups is 1. The van der Waals surface area contributed by atoms with Crippen LogP contribution in [-0.2, 0) is 16.1 Å². The second kappa shape index (κ2) is 11.7. The van der Waals surface area contributed by atoms with E-state index in [2.05, 4.69) is 42.0 Å². The minimum atomic E-state index is -0.433. The van der Waals surface area contributed by atoms with Crippen molar-refractivity contribution in [2.75, 3.05) is 39.2 Å². The molecule has 0 amide bonds. The third-order valence-corrected chi connectivity index (χ3v) is 6.97. The molecule has 0 unspecified atom stereocenters. The first-order valence-corrected chi connectivity index (χ1v) is 12.9. The number of anilines is 1. The van der Waals surface area contributed by atoms with Crippen LogP contribution in [0.4, 0.5) is 5.69 Å². The number of rotatable bonds is 9. The van der Waals surface area contributed by atoms with Crippen LogP contribution in [0.15, 0.2) is 54.7 Å². The molecule has 38 heavy (non-hydrogen) atoms. The van der Waals surface area contributed by atoms with Gasteiger partial charge in [-0.15, -0.1) is 0 Å². The van der Waals surface area contributed by atoms with Crippen molar-refractivity contribution >= 4 is 34.4 Å². The summed E-state index contributed by atoms with van der Waals surface area (Å²) in [5.74, 6) is 1.68. The summed E-state index contributed by atoms with van der Waals surface area (Å²) in [7, 11) is 3.01. The number of H-pyrrole nitrogens is 1. The summed E-state index contributed by atoms with van der Waals surface area (Å²) >= 11 is 6.58. The van der Waals surface area contributed by atoms with E-state index in [9.17, 15) is 4.79 Å². The summed E-state index contributed by atoms with van der Waals surface area (Å²) < 4.78 is 15.3. The Bertz CT molecular complexity index is 1380. The van der Waals surface area contributed by atoms with Crippen LogP contribution in [-0.4, -0.2) is 65.8 Å². The number of esters is 1. The van der Waals surface area contributed by atoms with Crippen LogP contribution in [0.25, 0.3) is 22.6 Å². The molecule has 1 aliphatic heterocycles. The van der Waals surface area contributed by atoms with Gasteiger partial charge in [0.15, 0.2) is 12.3 Å². The van der Waals surface area contributed by atoms with Gasteiger partial charge in [-0.1, -0.05) is 23.7 Å². The van der Waals surface area contributed by atoms with Gasteiger partial charge >= 0.3 is 5.97 Å². The monoisotopic (exact) mass is 535 g/mol. The van der Waals surface area contributed by atoms with Crippen molar-refractivity contribution in [3.05, 3.63) is 65.3 Å². The Kier molecular flexibility index (Phi) is 7.95. The molecule has 2 aromatic heterocycles. The van der Waals surface area contributed by atoms with Crippen molar-refractivity contribution in [1.82, 2.24) is 19.9 Å². The molecular formula is C28H30ClN5O4. The van der Waals surface area contributed by atoms with Crippen molar-refractivity contribution in [3.8, 4) is 22.9 Å². The molecule has 10 heteroatoms. The first-order chi connectivity index (χ1) is 18.5. The summed E-state index contributed by atoms with van der Waals surface area (Å²) in [6.45, 7) is 2.77. The van der Waals surface area contributed by atoms with E-state index in [-0.39, 0.29) is 6.61 Å². The van der Waals surface area contributed by atoms with Gasteiger partial charge in [-0.3, -0.25) is 4.90 Å². The third kappa shape index (κ3) is 6.00. The standard InChI is InChI=1S/C28H30ClN5O4/c1-36-21-7-3-18(4-8-21)16-34-13-11-20(12-14-34)31-25-23(29)15-30-28-26(25)32-27(33-28)19-5-9-22(10-6-19)38-17-24(35)37-2/h3-10,15,20H,11-14,16-17H2,1-2H3,(H2,30,31,32,33). The number of methoxy groups -OCH3 is 2. The minimum absolute atomic E-state index is 0.141. The van der Waals surface area contributed by atoms with E-state index in [1.54, 1.807) is 25.4 Å². The predicted molar refractivity (Wildman–Crippen MR) is 147 cm³/mol. The normalized spacial score (nSPS) is 14.4. The molecule has 0 bridgehead atoms. The molecule has 0 spiro atoms. The third-order valence-electron chi connectivity index (χ3n) is 6.69. The number of ether oxygens (including phenoxy) is 3. The quantitative estimate of drug-likeness (QED) is 0.291. The molecule has 2 aromatic carbocycles. The largest absolute Gasteiger partial charge is 0.497 e. The van der Waals surface area contributed by atoms with Crippen molar-refractivity contribution in [2.45, 2.75) is 25.4 Å². The van der Waals surface area contributed by atoms with E-state index >= 15 is 0 Å². The molecule has 9 nitrogen and oxygen atoms in total. The summed E-state index contributed by atoms with van der Waals surface area (Å²) in [5, 5.41) is 4.20. The zero-order valence-electron chi connectivity index (χ0n) is 21.4. The summed E-state index contributed by atoms with van der Waals surface area (Å²) in [6.07, 6.45) is 3.65. The Labute approximate surface area is 226 Å².